The molecule has 0 saturated carbocycles. The average Bonchev–Trinajstić information content (AvgIpc) is 2.29. The van der Waals surface area contributed by atoms with Crippen molar-refractivity contribution >= 4 is 11.8 Å². The number of rotatable bonds is 7. The van der Waals surface area contributed by atoms with E-state index in [-0.39, 0.29) is 5.82 Å². The molecule has 1 nitrogen and oxygen atoms in total. The van der Waals surface area contributed by atoms with Crippen LogP contribution in [0.1, 0.15) is 31.7 Å². The third-order valence-electron chi connectivity index (χ3n) is 2.76. The van der Waals surface area contributed by atoms with Crippen LogP contribution in [0.5, 0.6) is 0 Å². The van der Waals surface area contributed by atoms with Gasteiger partial charge in [-0.3, -0.25) is 0 Å². The summed E-state index contributed by atoms with van der Waals surface area (Å²) < 4.78 is 13.2. The SMILES string of the molecule is CSCCC(CNC(C)C)c1cccc(F)c1. The zero-order valence-electron chi connectivity index (χ0n) is 10.9. The maximum Gasteiger partial charge on any atom is 0.123 e. The molecule has 1 aromatic carbocycles. The van der Waals surface area contributed by atoms with Gasteiger partial charge in [-0.25, -0.2) is 4.39 Å². The minimum Gasteiger partial charge on any atom is -0.314 e. The molecule has 1 atom stereocenters. The number of hydrogen-bond donors (Lipinski definition) is 1. The zero-order valence-corrected chi connectivity index (χ0v) is 11.7. The number of thioether (sulfide) groups is 1. The predicted molar refractivity (Wildman–Crippen MR) is 75.3 cm³/mol. The molecular weight excluding hydrogens is 233 g/mol. The zero-order chi connectivity index (χ0) is 12.7. The molecule has 0 bridgehead atoms. The van der Waals surface area contributed by atoms with Gasteiger partial charge >= 0.3 is 0 Å². The van der Waals surface area contributed by atoms with Crippen molar-refractivity contribution in [3.05, 3.63) is 35.6 Å². The summed E-state index contributed by atoms with van der Waals surface area (Å²) in [6.07, 6.45) is 3.20. The summed E-state index contributed by atoms with van der Waals surface area (Å²) in [5.41, 5.74) is 1.10. The topological polar surface area (TPSA) is 12.0 Å². The summed E-state index contributed by atoms with van der Waals surface area (Å²) in [4.78, 5) is 0. The maximum atomic E-state index is 13.2. The summed E-state index contributed by atoms with van der Waals surface area (Å²) in [6, 6.07) is 7.46. The summed E-state index contributed by atoms with van der Waals surface area (Å²) >= 11 is 1.84. The van der Waals surface area contributed by atoms with E-state index in [0.29, 0.717) is 12.0 Å². The number of hydrogen-bond acceptors (Lipinski definition) is 2. The molecule has 0 aliphatic rings. The van der Waals surface area contributed by atoms with E-state index in [1.807, 2.05) is 17.8 Å². The second-order valence-electron chi connectivity index (χ2n) is 4.60. The molecule has 3 heteroatoms. The lowest BCUT2D eigenvalue weighted by Crippen LogP contribution is -2.28. The molecule has 0 radical (unpaired) electrons. The maximum absolute atomic E-state index is 13.2. The van der Waals surface area contributed by atoms with Crippen LogP contribution < -0.4 is 5.32 Å². The molecule has 0 amide bonds. The van der Waals surface area contributed by atoms with Gasteiger partial charge in [0, 0.05) is 12.6 Å². The molecule has 1 N–H and O–H groups in total. The van der Waals surface area contributed by atoms with Crippen LogP contribution in [0.3, 0.4) is 0 Å². The highest BCUT2D eigenvalue weighted by atomic mass is 32.2. The fourth-order valence-corrected chi connectivity index (χ4v) is 2.31. The van der Waals surface area contributed by atoms with Crippen molar-refractivity contribution in [1.82, 2.24) is 5.32 Å². The molecule has 1 unspecified atom stereocenters. The highest BCUT2D eigenvalue weighted by Gasteiger charge is 2.12. The first kappa shape index (κ1) is 14.5. The van der Waals surface area contributed by atoms with Crippen LogP contribution in [-0.2, 0) is 0 Å². The Hall–Kier alpha value is -0.540. The summed E-state index contributed by atoms with van der Waals surface area (Å²) in [5, 5.41) is 3.44. The quantitative estimate of drug-likeness (QED) is 0.798. The molecule has 0 saturated heterocycles. The van der Waals surface area contributed by atoms with Crippen LogP contribution in [0.2, 0.25) is 0 Å². The average molecular weight is 255 g/mol. The molecule has 1 aromatic rings. The molecule has 96 valence electrons. The van der Waals surface area contributed by atoms with Crippen LogP contribution >= 0.6 is 11.8 Å². The van der Waals surface area contributed by atoms with Gasteiger partial charge in [-0.2, -0.15) is 11.8 Å². The van der Waals surface area contributed by atoms with Crippen molar-refractivity contribution in [1.29, 1.82) is 0 Å². The Morgan fingerprint density at radius 3 is 2.71 bits per heavy atom. The van der Waals surface area contributed by atoms with Crippen molar-refractivity contribution in [3.63, 3.8) is 0 Å². The van der Waals surface area contributed by atoms with E-state index >= 15 is 0 Å². The van der Waals surface area contributed by atoms with Crippen LogP contribution in [0.25, 0.3) is 0 Å². The largest absolute Gasteiger partial charge is 0.314 e. The number of benzene rings is 1. The highest BCUT2D eigenvalue weighted by molar-refractivity contribution is 7.98. The fourth-order valence-electron chi connectivity index (χ4n) is 1.79. The first-order chi connectivity index (χ1) is 8.13. The second kappa shape index (κ2) is 7.72. The van der Waals surface area contributed by atoms with E-state index in [1.54, 1.807) is 12.1 Å². The van der Waals surface area contributed by atoms with Crippen molar-refractivity contribution in [2.75, 3.05) is 18.6 Å². The Bertz CT molecular complexity index is 328. The Kier molecular flexibility index (Phi) is 6.60. The Labute approximate surface area is 108 Å². The van der Waals surface area contributed by atoms with E-state index in [4.69, 9.17) is 0 Å². The molecule has 0 fully saturated rings. The molecule has 17 heavy (non-hydrogen) atoms. The van der Waals surface area contributed by atoms with E-state index in [2.05, 4.69) is 25.4 Å². The van der Waals surface area contributed by atoms with E-state index in [0.717, 1.165) is 24.3 Å². The normalized spacial score (nSPS) is 13.0. The minimum absolute atomic E-state index is 0.138. The van der Waals surface area contributed by atoms with Crippen LogP contribution in [0.4, 0.5) is 4.39 Å². The molecule has 0 aliphatic heterocycles. The first-order valence-corrected chi connectivity index (χ1v) is 7.50. The smallest absolute Gasteiger partial charge is 0.123 e. The highest BCUT2D eigenvalue weighted by Crippen LogP contribution is 2.21. The van der Waals surface area contributed by atoms with Crippen LogP contribution in [0.15, 0.2) is 24.3 Å². The second-order valence-corrected chi connectivity index (χ2v) is 5.58. The van der Waals surface area contributed by atoms with Gasteiger partial charge in [-0.05, 0) is 42.0 Å². The van der Waals surface area contributed by atoms with Crippen molar-refractivity contribution in [2.45, 2.75) is 32.2 Å². The van der Waals surface area contributed by atoms with Crippen LogP contribution in [-0.4, -0.2) is 24.6 Å². The Balaban J connectivity index is 2.67. The monoisotopic (exact) mass is 255 g/mol. The number of nitrogens with one attached hydrogen (secondary N) is 1. The lowest BCUT2D eigenvalue weighted by molar-refractivity contribution is 0.519. The van der Waals surface area contributed by atoms with E-state index in [1.165, 1.54) is 6.07 Å². The molecular formula is C14H22FNS. The van der Waals surface area contributed by atoms with Crippen molar-refractivity contribution in [3.8, 4) is 0 Å². The van der Waals surface area contributed by atoms with Crippen LogP contribution in [0, 0.1) is 5.82 Å². The summed E-state index contributed by atoms with van der Waals surface area (Å²) in [6.45, 7) is 5.19. The molecule has 0 aromatic heterocycles. The van der Waals surface area contributed by atoms with Gasteiger partial charge in [0.2, 0.25) is 0 Å². The number of halogens is 1. The third-order valence-corrected chi connectivity index (χ3v) is 3.41. The van der Waals surface area contributed by atoms with Gasteiger partial charge in [-0.1, -0.05) is 26.0 Å². The van der Waals surface area contributed by atoms with E-state index < -0.39 is 0 Å². The van der Waals surface area contributed by atoms with Gasteiger partial charge in [0.05, 0.1) is 0 Å². The van der Waals surface area contributed by atoms with Gasteiger partial charge in [-0.15, -0.1) is 0 Å². The van der Waals surface area contributed by atoms with Gasteiger partial charge < -0.3 is 5.32 Å². The predicted octanol–water partition coefficient (Wildman–Crippen LogP) is 3.66. The van der Waals surface area contributed by atoms with Gasteiger partial charge in [0.25, 0.3) is 0 Å². The lowest BCUT2D eigenvalue weighted by atomic mass is 9.96. The molecule has 0 heterocycles. The van der Waals surface area contributed by atoms with Gasteiger partial charge in [0.1, 0.15) is 5.82 Å². The minimum atomic E-state index is -0.138. The Morgan fingerprint density at radius 2 is 2.12 bits per heavy atom. The standard InChI is InChI=1S/C14H22FNS/c1-11(2)16-10-13(7-8-17-3)12-5-4-6-14(15)9-12/h4-6,9,11,13,16H,7-8,10H2,1-3H3. The molecule has 0 spiro atoms. The summed E-state index contributed by atoms with van der Waals surface area (Å²) in [5.74, 6) is 1.38. The third kappa shape index (κ3) is 5.55. The first-order valence-electron chi connectivity index (χ1n) is 6.11. The lowest BCUT2D eigenvalue weighted by Gasteiger charge is -2.19. The van der Waals surface area contributed by atoms with Crippen molar-refractivity contribution < 1.29 is 4.39 Å². The van der Waals surface area contributed by atoms with Crippen molar-refractivity contribution in [2.24, 2.45) is 0 Å². The molecule has 1 rings (SSSR count). The van der Waals surface area contributed by atoms with E-state index in [9.17, 15) is 4.39 Å². The molecule has 0 aliphatic carbocycles. The fraction of sp³-hybridized carbons (Fsp3) is 0.571. The summed E-state index contributed by atoms with van der Waals surface area (Å²) in [7, 11) is 0. The Morgan fingerprint density at radius 1 is 1.35 bits per heavy atom. The van der Waals surface area contributed by atoms with Gasteiger partial charge in [0.15, 0.2) is 0 Å².